The molecule has 31 heavy (non-hydrogen) atoms. The van der Waals surface area contributed by atoms with Gasteiger partial charge in [0.2, 0.25) is 5.91 Å². The van der Waals surface area contributed by atoms with Crippen LogP contribution in [0.3, 0.4) is 0 Å². The molecule has 1 heterocycles. The number of nitrogens with one attached hydrogen (secondary N) is 2. The summed E-state index contributed by atoms with van der Waals surface area (Å²) in [4.78, 5) is 20.5. The Kier molecular flexibility index (Phi) is 11.7. The van der Waals surface area contributed by atoms with Crippen LogP contribution < -0.4 is 10.6 Å². The molecule has 176 valence electrons. The number of benzene rings is 1. The van der Waals surface area contributed by atoms with E-state index in [1.54, 1.807) is 19.0 Å². The lowest BCUT2D eigenvalue weighted by Crippen LogP contribution is -2.50. The van der Waals surface area contributed by atoms with E-state index >= 15 is 0 Å². The molecule has 1 fully saturated rings. The number of aliphatic imine (C=N–C) groups is 1. The topological polar surface area (TPSA) is 60.0 Å². The van der Waals surface area contributed by atoms with Crippen molar-refractivity contribution in [1.29, 1.82) is 0 Å². The minimum absolute atomic E-state index is 0. The number of guanidine groups is 1. The van der Waals surface area contributed by atoms with Crippen LogP contribution in [0.2, 0.25) is 0 Å². The molecule has 9 heteroatoms. The Balaban J connectivity index is 0.00000480. The van der Waals surface area contributed by atoms with E-state index in [0.29, 0.717) is 12.5 Å². The Bertz CT molecular complexity index is 716. The van der Waals surface area contributed by atoms with Crippen LogP contribution >= 0.6 is 24.0 Å². The molecule has 1 amide bonds. The third-order valence-corrected chi connectivity index (χ3v) is 5.36. The minimum Gasteiger partial charge on any atom is -0.357 e. The van der Waals surface area contributed by atoms with E-state index in [4.69, 9.17) is 0 Å². The normalized spacial score (nSPS) is 16.3. The Hall–Kier alpha value is -1.49. The molecule has 0 aliphatic carbocycles. The van der Waals surface area contributed by atoms with Crippen LogP contribution in [0.15, 0.2) is 23.2 Å². The van der Waals surface area contributed by atoms with Gasteiger partial charge in [0, 0.05) is 37.2 Å². The molecule has 0 bridgehead atoms. The number of piperidine rings is 1. The van der Waals surface area contributed by atoms with Gasteiger partial charge in [-0.1, -0.05) is 19.9 Å². The molecular formula is C22H36F2IN5O. The Labute approximate surface area is 201 Å². The number of hydrogen-bond donors (Lipinski definition) is 2. The maximum atomic E-state index is 14.3. The van der Waals surface area contributed by atoms with Crippen LogP contribution in [0.1, 0.15) is 45.2 Å². The molecule has 1 unspecified atom stereocenters. The van der Waals surface area contributed by atoms with Gasteiger partial charge in [-0.25, -0.2) is 8.78 Å². The first-order valence-corrected chi connectivity index (χ1v) is 10.7. The fraction of sp³-hybridized carbons (Fsp3) is 0.636. The van der Waals surface area contributed by atoms with Crippen molar-refractivity contribution < 1.29 is 13.6 Å². The third-order valence-electron chi connectivity index (χ3n) is 5.36. The van der Waals surface area contributed by atoms with E-state index in [0.717, 1.165) is 25.9 Å². The maximum Gasteiger partial charge on any atom is 0.225 e. The molecule has 0 aromatic heterocycles. The number of likely N-dealkylation sites (N-methyl/N-ethyl adjacent to an activating group) is 1. The second-order valence-electron chi connectivity index (χ2n) is 8.23. The molecule has 1 aromatic carbocycles. The molecule has 1 atom stereocenters. The van der Waals surface area contributed by atoms with Crippen molar-refractivity contribution in [2.45, 2.75) is 45.7 Å². The highest BCUT2D eigenvalue weighted by Gasteiger charge is 2.25. The van der Waals surface area contributed by atoms with Gasteiger partial charge in [0.15, 0.2) is 5.96 Å². The lowest BCUT2D eigenvalue weighted by molar-refractivity contribution is -0.135. The summed E-state index contributed by atoms with van der Waals surface area (Å²) in [6, 6.07) is 3.59. The van der Waals surface area contributed by atoms with E-state index in [1.807, 2.05) is 25.7 Å². The molecule has 1 saturated heterocycles. The first-order valence-electron chi connectivity index (χ1n) is 10.7. The summed E-state index contributed by atoms with van der Waals surface area (Å²) in [5, 5.41) is 6.62. The largest absolute Gasteiger partial charge is 0.357 e. The number of nitrogens with zero attached hydrogens (tertiary/aromatic N) is 3. The molecule has 0 saturated carbocycles. The number of halogens is 3. The third kappa shape index (κ3) is 7.85. The van der Waals surface area contributed by atoms with Crippen LogP contribution in [0.5, 0.6) is 0 Å². The summed E-state index contributed by atoms with van der Waals surface area (Å²) in [6.45, 7) is 8.14. The average Bonchev–Trinajstić information content (AvgIpc) is 2.69. The second kappa shape index (κ2) is 13.1. The zero-order valence-corrected chi connectivity index (χ0v) is 21.5. The first-order chi connectivity index (χ1) is 14.2. The molecule has 2 rings (SSSR count). The summed E-state index contributed by atoms with van der Waals surface area (Å²) in [5.74, 6) is -0.312. The van der Waals surface area contributed by atoms with E-state index < -0.39 is 17.7 Å². The van der Waals surface area contributed by atoms with Crippen molar-refractivity contribution in [2.24, 2.45) is 10.9 Å². The van der Waals surface area contributed by atoms with Crippen LogP contribution in [-0.4, -0.2) is 68.0 Å². The van der Waals surface area contributed by atoms with Crippen molar-refractivity contribution in [3.8, 4) is 0 Å². The number of hydrogen-bond acceptors (Lipinski definition) is 3. The fourth-order valence-electron chi connectivity index (χ4n) is 3.64. The van der Waals surface area contributed by atoms with Gasteiger partial charge in [-0.2, -0.15) is 0 Å². The molecule has 2 N–H and O–H groups in total. The molecule has 1 aromatic rings. The predicted molar refractivity (Wildman–Crippen MR) is 132 cm³/mol. The van der Waals surface area contributed by atoms with Crippen LogP contribution in [0, 0.1) is 17.6 Å². The SMILES string of the molecule is CCNC(=NCC(c1c(F)cccc1F)N(C)C)NC1CCN(C(=O)C(C)C)CC1.I. The van der Waals surface area contributed by atoms with Crippen molar-refractivity contribution >= 4 is 35.8 Å². The average molecular weight is 551 g/mol. The molecule has 1 aliphatic rings. The van der Waals surface area contributed by atoms with E-state index in [1.165, 1.54) is 18.2 Å². The van der Waals surface area contributed by atoms with Gasteiger partial charge < -0.3 is 20.4 Å². The van der Waals surface area contributed by atoms with E-state index in [-0.39, 0.29) is 54.0 Å². The predicted octanol–water partition coefficient (Wildman–Crippen LogP) is 3.39. The Morgan fingerprint density at radius 1 is 1.23 bits per heavy atom. The zero-order valence-electron chi connectivity index (χ0n) is 19.1. The van der Waals surface area contributed by atoms with Gasteiger partial charge in [0.1, 0.15) is 11.6 Å². The zero-order chi connectivity index (χ0) is 22.3. The van der Waals surface area contributed by atoms with Crippen molar-refractivity contribution in [3.05, 3.63) is 35.4 Å². The molecule has 0 spiro atoms. The second-order valence-corrected chi connectivity index (χ2v) is 8.23. The van der Waals surface area contributed by atoms with Crippen molar-refractivity contribution in [1.82, 2.24) is 20.4 Å². The number of carbonyl (C=O) groups excluding carboxylic acids is 1. The number of amides is 1. The van der Waals surface area contributed by atoms with Crippen LogP contribution in [0.25, 0.3) is 0 Å². The fourth-order valence-corrected chi connectivity index (χ4v) is 3.64. The minimum atomic E-state index is -0.566. The lowest BCUT2D eigenvalue weighted by Gasteiger charge is -2.34. The van der Waals surface area contributed by atoms with Gasteiger partial charge in [-0.3, -0.25) is 9.79 Å². The monoisotopic (exact) mass is 551 g/mol. The van der Waals surface area contributed by atoms with E-state index in [9.17, 15) is 13.6 Å². The van der Waals surface area contributed by atoms with Crippen molar-refractivity contribution in [3.63, 3.8) is 0 Å². The van der Waals surface area contributed by atoms with Crippen LogP contribution in [-0.2, 0) is 4.79 Å². The van der Waals surface area contributed by atoms with Crippen molar-refractivity contribution in [2.75, 3.05) is 40.3 Å². The molecule has 0 radical (unpaired) electrons. The standard InChI is InChI=1S/C22H35F2N5O.HI/c1-6-25-22(27-16-10-12-29(13-11-16)21(30)15(2)3)26-14-19(28(4)5)20-17(23)8-7-9-18(20)24;/h7-9,15-16,19H,6,10-14H2,1-5H3,(H2,25,26,27);1H. The van der Waals surface area contributed by atoms with Gasteiger partial charge in [-0.05, 0) is 46.0 Å². The Morgan fingerprint density at radius 2 is 1.81 bits per heavy atom. The van der Waals surface area contributed by atoms with Crippen LogP contribution in [0.4, 0.5) is 8.78 Å². The molecule has 6 nitrogen and oxygen atoms in total. The molecular weight excluding hydrogens is 515 g/mol. The van der Waals surface area contributed by atoms with Gasteiger partial charge in [0.25, 0.3) is 0 Å². The lowest BCUT2D eigenvalue weighted by atomic mass is 10.0. The number of likely N-dealkylation sites (tertiary alicyclic amines) is 1. The van der Waals surface area contributed by atoms with Gasteiger partial charge in [0.05, 0.1) is 12.6 Å². The highest BCUT2D eigenvalue weighted by Crippen LogP contribution is 2.24. The first kappa shape index (κ1) is 27.5. The smallest absolute Gasteiger partial charge is 0.225 e. The highest BCUT2D eigenvalue weighted by atomic mass is 127. The summed E-state index contributed by atoms with van der Waals surface area (Å²) in [7, 11) is 3.57. The quantitative estimate of drug-likeness (QED) is 0.310. The number of rotatable bonds is 7. The number of carbonyl (C=O) groups is 1. The summed E-state index contributed by atoms with van der Waals surface area (Å²) < 4.78 is 28.6. The maximum absolute atomic E-state index is 14.3. The van der Waals surface area contributed by atoms with Gasteiger partial charge in [-0.15, -0.1) is 24.0 Å². The Morgan fingerprint density at radius 3 is 2.29 bits per heavy atom. The van der Waals surface area contributed by atoms with Gasteiger partial charge >= 0.3 is 0 Å². The van der Waals surface area contributed by atoms with E-state index in [2.05, 4.69) is 15.6 Å². The molecule has 1 aliphatic heterocycles. The summed E-state index contributed by atoms with van der Waals surface area (Å²) >= 11 is 0. The summed E-state index contributed by atoms with van der Waals surface area (Å²) in [5.41, 5.74) is 0.0302. The highest BCUT2D eigenvalue weighted by molar-refractivity contribution is 14.0. The summed E-state index contributed by atoms with van der Waals surface area (Å²) in [6.07, 6.45) is 1.67.